The molecule has 0 saturated carbocycles. The highest BCUT2D eigenvalue weighted by Gasteiger charge is 2.03. The predicted octanol–water partition coefficient (Wildman–Crippen LogP) is 6.30. The number of aliphatic hydroxyl groups is 1. The van der Waals surface area contributed by atoms with Gasteiger partial charge in [0.05, 0.1) is 18.2 Å². The number of benzene rings is 2. The molecule has 0 radical (unpaired) electrons. The van der Waals surface area contributed by atoms with Crippen LogP contribution in [0.15, 0.2) is 48.5 Å². The quantitative estimate of drug-likeness (QED) is 0.703. The zero-order chi connectivity index (χ0) is 16.8. The van der Waals surface area contributed by atoms with Gasteiger partial charge in [0.2, 0.25) is 0 Å². The summed E-state index contributed by atoms with van der Waals surface area (Å²) in [6, 6.07) is 17.8. The zero-order valence-corrected chi connectivity index (χ0v) is 14.1. The molecule has 0 atom stereocenters. The molecule has 2 heteroatoms. The fraction of sp³-hybridized carbons (Fsp3) is 0.409. The maximum Gasteiger partial charge on any atom is 0.0994 e. The molecule has 1 N–H and O–H groups in total. The van der Waals surface area contributed by atoms with Crippen molar-refractivity contribution in [2.45, 2.75) is 62.0 Å². The van der Waals surface area contributed by atoms with E-state index in [9.17, 15) is 0 Å². The lowest BCUT2D eigenvalue weighted by Gasteiger charge is -2.05. The van der Waals surface area contributed by atoms with Crippen molar-refractivity contribution in [1.29, 1.82) is 5.26 Å². The number of nitrogens with zero attached hydrogens (tertiary/aromatic N) is 1. The predicted molar refractivity (Wildman–Crippen MR) is 107 cm³/mol. The van der Waals surface area contributed by atoms with E-state index in [2.05, 4.69) is 39.0 Å². The fourth-order valence-corrected chi connectivity index (χ4v) is 1.84. The first kappa shape index (κ1) is 26.8. The molecule has 0 heterocycles. The molecular weight excluding hydrogens is 294 g/mol. The third kappa shape index (κ3) is 10.6. The lowest BCUT2D eigenvalue weighted by atomic mass is 10.0. The highest BCUT2D eigenvalue weighted by Crippen LogP contribution is 2.14. The van der Waals surface area contributed by atoms with Gasteiger partial charge in [-0.3, -0.25) is 0 Å². The van der Waals surface area contributed by atoms with E-state index in [-0.39, 0.29) is 21.5 Å². The van der Waals surface area contributed by atoms with Gasteiger partial charge in [0.15, 0.2) is 0 Å². The second-order valence-electron chi connectivity index (χ2n) is 4.93. The van der Waals surface area contributed by atoms with E-state index in [0.717, 1.165) is 17.5 Å². The number of nitriles is 1. The maximum absolute atomic E-state index is 8.96. The van der Waals surface area contributed by atoms with Gasteiger partial charge < -0.3 is 5.11 Å². The number of hydrogen-bond acceptors (Lipinski definition) is 2. The molecule has 2 nitrogen and oxygen atoms in total. The molecule has 0 fully saturated rings. The minimum atomic E-state index is 0. The second kappa shape index (κ2) is 17.2. The third-order valence-electron chi connectivity index (χ3n) is 2.86. The topological polar surface area (TPSA) is 44.0 Å². The first-order valence-corrected chi connectivity index (χ1v) is 7.77. The minimum Gasteiger partial charge on any atom is -0.392 e. The van der Waals surface area contributed by atoms with Crippen molar-refractivity contribution in [1.82, 2.24) is 0 Å². The van der Waals surface area contributed by atoms with Crippen LogP contribution in [0.5, 0.6) is 0 Å². The van der Waals surface area contributed by atoms with Crippen molar-refractivity contribution in [3.63, 3.8) is 0 Å². The van der Waals surface area contributed by atoms with Crippen LogP contribution in [0.25, 0.3) is 0 Å². The Morgan fingerprint density at radius 3 is 1.79 bits per heavy atom. The molecule has 0 bridgehead atoms. The van der Waals surface area contributed by atoms with E-state index in [4.69, 9.17) is 10.4 Å². The second-order valence-corrected chi connectivity index (χ2v) is 4.93. The van der Waals surface area contributed by atoms with Crippen LogP contribution in [0.3, 0.4) is 0 Å². The summed E-state index contributed by atoms with van der Waals surface area (Å²) < 4.78 is 0. The molecule has 0 aliphatic heterocycles. The first-order chi connectivity index (χ1) is 10.6. The lowest BCUT2D eigenvalue weighted by molar-refractivity contribution is 0.280. The molecule has 2 aromatic rings. The fourth-order valence-electron chi connectivity index (χ4n) is 1.84. The summed E-state index contributed by atoms with van der Waals surface area (Å²) in [5.41, 5.74) is 3.81. The molecular formula is C22H35NO. The molecule has 134 valence electrons. The average Bonchev–Trinajstić information content (AvgIpc) is 2.56. The summed E-state index contributed by atoms with van der Waals surface area (Å²) in [5, 5.41) is 17.7. The Balaban J connectivity index is -0.000000316. The van der Waals surface area contributed by atoms with E-state index in [1.165, 1.54) is 12.0 Å². The van der Waals surface area contributed by atoms with Gasteiger partial charge in [0.25, 0.3) is 0 Å². The summed E-state index contributed by atoms with van der Waals surface area (Å²) in [6.07, 6.45) is 2.04. The summed E-state index contributed by atoms with van der Waals surface area (Å²) >= 11 is 0. The molecule has 24 heavy (non-hydrogen) atoms. The Morgan fingerprint density at radius 1 is 0.917 bits per heavy atom. The van der Waals surface area contributed by atoms with E-state index in [1.807, 2.05) is 31.2 Å². The van der Waals surface area contributed by atoms with Crippen molar-refractivity contribution in [3.05, 3.63) is 70.8 Å². The van der Waals surface area contributed by atoms with Gasteiger partial charge in [-0.2, -0.15) is 5.26 Å². The average molecular weight is 330 g/mol. The number of aryl methyl sites for hydroxylation is 1. The molecule has 2 aromatic carbocycles. The van der Waals surface area contributed by atoms with Crippen molar-refractivity contribution in [2.75, 3.05) is 0 Å². The Labute approximate surface area is 149 Å². The molecule has 0 aliphatic rings. The highest BCUT2D eigenvalue weighted by molar-refractivity contribution is 5.42. The largest absolute Gasteiger partial charge is 0.392 e. The SMILES string of the molecule is C.C.CCC.CCc1c(C#N)cccc1CO.Cc1ccccc1. The molecule has 0 spiro atoms. The van der Waals surface area contributed by atoms with Gasteiger partial charge in [-0.05, 0) is 30.5 Å². The maximum atomic E-state index is 8.96. The number of aliphatic hydroxyl groups excluding tert-OH is 1. The molecule has 2 rings (SSSR count). The van der Waals surface area contributed by atoms with Crippen LogP contribution in [-0.2, 0) is 13.0 Å². The van der Waals surface area contributed by atoms with Crippen LogP contribution in [0, 0.1) is 18.3 Å². The van der Waals surface area contributed by atoms with Crippen molar-refractivity contribution in [2.24, 2.45) is 0 Å². The van der Waals surface area contributed by atoms with Gasteiger partial charge in [-0.1, -0.05) is 90.1 Å². The monoisotopic (exact) mass is 329 g/mol. The first-order valence-electron chi connectivity index (χ1n) is 7.77. The van der Waals surface area contributed by atoms with E-state index >= 15 is 0 Å². The van der Waals surface area contributed by atoms with Crippen molar-refractivity contribution >= 4 is 0 Å². The normalized spacial score (nSPS) is 8.00. The third-order valence-corrected chi connectivity index (χ3v) is 2.86. The molecule has 0 aliphatic carbocycles. The van der Waals surface area contributed by atoms with Gasteiger partial charge in [-0.15, -0.1) is 0 Å². The van der Waals surface area contributed by atoms with E-state index in [0.29, 0.717) is 5.56 Å². The van der Waals surface area contributed by atoms with Crippen LogP contribution >= 0.6 is 0 Å². The Morgan fingerprint density at radius 2 is 1.46 bits per heavy atom. The number of rotatable bonds is 2. The Bertz CT molecular complexity index is 556. The molecule has 0 unspecified atom stereocenters. The van der Waals surface area contributed by atoms with E-state index in [1.54, 1.807) is 12.1 Å². The Kier molecular flexibility index (Phi) is 19.2. The Hall–Kier alpha value is -2.11. The summed E-state index contributed by atoms with van der Waals surface area (Å²) in [6.45, 7) is 8.33. The van der Waals surface area contributed by atoms with Gasteiger partial charge >= 0.3 is 0 Å². The standard InChI is InChI=1S/C10H11NO.C7H8.C3H8.2CH4/c1-2-10-8(6-11)4-3-5-9(10)7-12;1-7-5-3-2-4-6-7;1-3-2;;/h3-5,12H,2,7H2,1H3;2-6H,1H3;3H2,1-2H3;2*1H4. The molecule has 0 aromatic heterocycles. The minimum absolute atomic E-state index is 0. The van der Waals surface area contributed by atoms with E-state index < -0.39 is 0 Å². The van der Waals surface area contributed by atoms with Crippen LogP contribution in [0.1, 0.15) is 64.3 Å². The van der Waals surface area contributed by atoms with Crippen molar-refractivity contribution < 1.29 is 5.11 Å². The van der Waals surface area contributed by atoms with Gasteiger partial charge in [0, 0.05) is 0 Å². The number of hydrogen-bond donors (Lipinski definition) is 1. The molecule has 0 amide bonds. The summed E-state index contributed by atoms with van der Waals surface area (Å²) in [7, 11) is 0. The van der Waals surface area contributed by atoms with Gasteiger partial charge in [-0.25, -0.2) is 0 Å². The van der Waals surface area contributed by atoms with Crippen LogP contribution in [0.2, 0.25) is 0 Å². The van der Waals surface area contributed by atoms with Crippen molar-refractivity contribution in [3.8, 4) is 6.07 Å². The zero-order valence-electron chi connectivity index (χ0n) is 14.1. The lowest BCUT2D eigenvalue weighted by Crippen LogP contribution is -1.95. The summed E-state index contributed by atoms with van der Waals surface area (Å²) in [5.74, 6) is 0. The van der Waals surface area contributed by atoms with Crippen LogP contribution in [-0.4, -0.2) is 5.11 Å². The summed E-state index contributed by atoms with van der Waals surface area (Å²) in [4.78, 5) is 0. The highest BCUT2D eigenvalue weighted by atomic mass is 16.3. The van der Waals surface area contributed by atoms with Crippen LogP contribution < -0.4 is 0 Å². The van der Waals surface area contributed by atoms with Gasteiger partial charge in [0.1, 0.15) is 0 Å². The smallest absolute Gasteiger partial charge is 0.0994 e. The molecule has 0 saturated heterocycles. The van der Waals surface area contributed by atoms with Crippen LogP contribution in [0.4, 0.5) is 0 Å².